The maximum Gasteiger partial charge on any atom is 0.328 e. The van der Waals surface area contributed by atoms with E-state index in [-0.39, 0.29) is 18.4 Å². The van der Waals surface area contributed by atoms with Crippen LogP contribution in [0.25, 0.3) is 11.0 Å². The van der Waals surface area contributed by atoms with Gasteiger partial charge in [0.1, 0.15) is 11.8 Å². The molecule has 4 rings (SSSR count). The smallest absolute Gasteiger partial charge is 0.326 e. The van der Waals surface area contributed by atoms with E-state index in [2.05, 4.69) is 15.6 Å². The Labute approximate surface area is 144 Å². The average Bonchev–Trinajstić information content (AvgIpc) is 2.92. The maximum absolute atomic E-state index is 14.3. The summed E-state index contributed by atoms with van der Waals surface area (Å²) in [6.07, 6.45) is 3.57. The van der Waals surface area contributed by atoms with E-state index in [1.807, 2.05) is 23.8 Å². The molecule has 2 aromatic rings. The molecule has 0 aliphatic carbocycles. The number of halogens is 1. The highest BCUT2D eigenvalue weighted by Gasteiger charge is 2.29. The molecule has 3 amide bonds. The molecule has 0 bridgehead atoms. The number of pyridine rings is 1. The Morgan fingerprint density at radius 2 is 2.20 bits per heavy atom. The van der Waals surface area contributed by atoms with Crippen molar-refractivity contribution >= 4 is 28.7 Å². The standard InChI is InChI=1S/C17H20FN5O2/c1-10-9-23(14-2-4-19-8-13(14)18)16-12(10)6-11(7-20-16)22-5-3-15(24)21-17(22)25/h6-7,9,13-14,19H,2-5,8H2,1H3,(H,21,24,25)/t13?,14-/m1/s1. The van der Waals surface area contributed by atoms with Crippen LogP contribution >= 0.6 is 0 Å². The lowest BCUT2D eigenvalue weighted by molar-refractivity contribution is -0.120. The molecule has 25 heavy (non-hydrogen) atoms. The fraction of sp³-hybridized carbons (Fsp3) is 0.471. The molecule has 2 aliphatic heterocycles. The first-order valence-electron chi connectivity index (χ1n) is 8.48. The van der Waals surface area contributed by atoms with Gasteiger partial charge in [-0.1, -0.05) is 0 Å². The monoisotopic (exact) mass is 345 g/mol. The molecule has 2 N–H and O–H groups in total. The number of imide groups is 1. The Kier molecular flexibility index (Phi) is 3.91. The lowest BCUT2D eigenvalue weighted by Gasteiger charge is -2.28. The lowest BCUT2D eigenvalue weighted by atomic mass is 10.0. The molecule has 2 atom stereocenters. The molecule has 1 unspecified atom stereocenters. The van der Waals surface area contributed by atoms with E-state index in [1.165, 1.54) is 4.90 Å². The van der Waals surface area contributed by atoms with Crippen molar-refractivity contribution in [1.82, 2.24) is 20.2 Å². The third-order valence-electron chi connectivity index (χ3n) is 4.95. The van der Waals surface area contributed by atoms with Crippen LogP contribution in [0.1, 0.15) is 24.4 Å². The summed E-state index contributed by atoms with van der Waals surface area (Å²) in [6.45, 7) is 3.42. The van der Waals surface area contributed by atoms with Crippen molar-refractivity contribution in [2.75, 3.05) is 24.5 Å². The Morgan fingerprint density at radius 3 is 2.96 bits per heavy atom. The summed E-state index contributed by atoms with van der Waals surface area (Å²) in [4.78, 5) is 29.4. The van der Waals surface area contributed by atoms with Gasteiger partial charge in [-0.2, -0.15) is 0 Å². The highest BCUT2D eigenvalue weighted by atomic mass is 19.1. The van der Waals surface area contributed by atoms with Gasteiger partial charge in [0.25, 0.3) is 0 Å². The quantitative estimate of drug-likeness (QED) is 0.868. The summed E-state index contributed by atoms with van der Waals surface area (Å²) < 4.78 is 16.2. The summed E-state index contributed by atoms with van der Waals surface area (Å²) in [5.41, 5.74) is 2.35. The van der Waals surface area contributed by atoms with Gasteiger partial charge in [0.2, 0.25) is 5.91 Å². The number of piperidine rings is 1. The van der Waals surface area contributed by atoms with Gasteiger partial charge in [-0.3, -0.25) is 15.0 Å². The second-order valence-electron chi connectivity index (χ2n) is 6.62. The Hall–Kier alpha value is -2.48. The number of carbonyl (C=O) groups excluding carboxylic acids is 2. The number of fused-ring (bicyclic) bond motifs is 1. The molecular weight excluding hydrogens is 325 g/mol. The predicted octanol–water partition coefficient (Wildman–Crippen LogP) is 1.66. The zero-order chi connectivity index (χ0) is 17.6. The lowest BCUT2D eigenvalue weighted by Crippen LogP contribution is -2.49. The molecule has 2 aliphatic rings. The van der Waals surface area contributed by atoms with Crippen molar-refractivity contribution in [1.29, 1.82) is 0 Å². The Bertz CT molecular complexity index is 849. The van der Waals surface area contributed by atoms with E-state index in [9.17, 15) is 14.0 Å². The summed E-state index contributed by atoms with van der Waals surface area (Å²) >= 11 is 0. The second kappa shape index (κ2) is 6.11. The number of amides is 3. The van der Waals surface area contributed by atoms with E-state index in [4.69, 9.17) is 0 Å². The van der Waals surface area contributed by atoms with Crippen molar-refractivity contribution in [2.24, 2.45) is 0 Å². The summed E-state index contributed by atoms with van der Waals surface area (Å²) in [5, 5.41) is 6.27. The van der Waals surface area contributed by atoms with Crippen LogP contribution in [-0.2, 0) is 4.79 Å². The normalized spacial score (nSPS) is 24.6. The number of rotatable bonds is 2. The minimum atomic E-state index is -0.955. The Balaban J connectivity index is 1.71. The topological polar surface area (TPSA) is 79.3 Å². The van der Waals surface area contributed by atoms with Crippen molar-refractivity contribution in [3.63, 3.8) is 0 Å². The fourth-order valence-electron chi connectivity index (χ4n) is 3.61. The van der Waals surface area contributed by atoms with Gasteiger partial charge in [-0.05, 0) is 31.5 Å². The predicted molar refractivity (Wildman–Crippen MR) is 91.4 cm³/mol. The van der Waals surface area contributed by atoms with Crippen LogP contribution in [0.5, 0.6) is 0 Å². The first kappa shape index (κ1) is 16.0. The molecule has 0 aromatic carbocycles. The Morgan fingerprint density at radius 1 is 1.36 bits per heavy atom. The number of anilines is 1. The molecule has 0 saturated carbocycles. The van der Waals surface area contributed by atoms with Crippen LogP contribution in [0.2, 0.25) is 0 Å². The molecular formula is C17H20FN5O2. The van der Waals surface area contributed by atoms with Crippen LogP contribution in [0.15, 0.2) is 18.5 Å². The maximum atomic E-state index is 14.3. The van der Waals surface area contributed by atoms with Crippen LogP contribution in [0.3, 0.4) is 0 Å². The molecule has 2 saturated heterocycles. The van der Waals surface area contributed by atoms with Gasteiger partial charge in [0.15, 0.2) is 0 Å². The minimum absolute atomic E-state index is 0.230. The van der Waals surface area contributed by atoms with Gasteiger partial charge < -0.3 is 9.88 Å². The van der Waals surface area contributed by atoms with E-state index in [0.29, 0.717) is 25.2 Å². The summed E-state index contributed by atoms with van der Waals surface area (Å²) in [5.74, 6) is -0.266. The summed E-state index contributed by atoms with van der Waals surface area (Å²) in [6, 6.07) is 1.22. The van der Waals surface area contributed by atoms with Gasteiger partial charge in [0.05, 0.1) is 17.9 Å². The highest BCUT2D eigenvalue weighted by Crippen LogP contribution is 2.31. The van der Waals surface area contributed by atoms with E-state index in [0.717, 1.165) is 23.1 Å². The first-order valence-corrected chi connectivity index (χ1v) is 8.48. The molecule has 132 valence electrons. The number of hydrogen-bond donors (Lipinski definition) is 2. The van der Waals surface area contributed by atoms with Crippen molar-refractivity contribution in [3.05, 3.63) is 24.0 Å². The van der Waals surface area contributed by atoms with Crippen LogP contribution in [0, 0.1) is 6.92 Å². The van der Waals surface area contributed by atoms with Crippen molar-refractivity contribution < 1.29 is 14.0 Å². The van der Waals surface area contributed by atoms with Gasteiger partial charge in [-0.25, -0.2) is 14.2 Å². The van der Waals surface area contributed by atoms with Crippen LogP contribution in [0.4, 0.5) is 14.9 Å². The third kappa shape index (κ3) is 2.76. The molecule has 0 radical (unpaired) electrons. The van der Waals surface area contributed by atoms with Gasteiger partial charge in [0, 0.05) is 31.1 Å². The number of nitrogens with one attached hydrogen (secondary N) is 2. The number of alkyl halides is 1. The highest BCUT2D eigenvalue weighted by molar-refractivity contribution is 6.06. The fourth-order valence-corrected chi connectivity index (χ4v) is 3.61. The second-order valence-corrected chi connectivity index (χ2v) is 6.62. The average molecular weight is 345 g/mol. The number of carbonyl (C=O) groups is 2. The molecule has 8 heteroatoms. The van der Waals surface area contributed by atoms with Crippen LogP contribution in [-0.4, -0.2) is 47.3 Å². The largest absolute Gasteiger partial charge is 0.328 e. The zero-order valence-electron chi connectivity index (χ0n) is 14.0. The van der Waals surface area contributed by atoms with E-state index < -0.39 is 12.2 Å². The molecule has 0 spiro atoms. The van der Waals surface area contributed by atoms with E-state index in [1.54, 1.807) is 6.20 Å². The molecule has 7 nitrogen and oxygen atoms in total. The number of aryl methyl sites for hydroxylation is 1. The first-order chi connectivity index (χ1) is 12.0. The summed E-state index contributed by atoms with van der Waals surface area (Å²) in [7, 11) is 0. The minimum Gasteiger partial charge on any atom is -0.326 e. The number of urea groups is 1. The van der Waals surface area contributed by atoms with Gasteiger partial charge in [-0.15, -0.1) is 0 Å². The number of aromatic nitrogens is 2. The van der Waals surface area contributed by atoms with Gasteiger partial charge >= 0.3 is 6.03 Å². The van der Waals surface area contributed by atoms with Crippen molar-refractivity contribution in [2.45, 2.75) is 32.0 Å². The number of hydrogen-bond acceptors (Lipinski definition) is 4. The third-order valence-corrected chi connectivity index (χ3v) is 4.95. The van der Waals surface area contributed by atoms with Crippen molar-refractivity contribution in [3.8, 4) is 0 Å². The van der Waals surface area contributed by atoms with E-state index >= 15 is 0 Å². The molecule has 2 fully saturated rings. The van der Waals surface area contributed by atoms with Crippen LogP contribution < -0.4 is 15.5 Å². The SMILES string of the molecule is Cc1cn([C@@H]2CCNCC2F)c2ncc(N3CCC(=O)NC3=O)cc12. The zero-order valence-corrected chi connectivity index (χ0v) is 14.0. The molecule has 2 aromatic heterocycles. The number of nitrogens with zero attached hydrogens (tertiary/aromatic N) is 3. The molecule has 4 heterocycles.